The number of hydrogen-bond donors (Lipinski definition) is 1. The molecule has 0 spiro atoms. The molecule has 0 aliphatic heterocycles. The average Bonchev–Trinajstić information content (AvgIpc) is 2.35. The van der Waals surface area contributed by atoms with Gasteiger partial charge in [-0.1, -0.05) is 0 Å². The van der Waals surface area contributed by atoms with E-state index in [1.807, 2.05) is 0 Å². The van der Waals surface area contributed by atoms with Crippen LogP contribution in [-0.4, -0.2) is 16.1 Å². The first-order valence-corrected chi connectivity index (χ1v) is 5.70. The highest BCUT2D eigenvalue weighted by Gasteiger charge is 2.16. The Kier molecular flexibility index (Phi) is 3.74. The molecule has 104 valence electrons. The summed E-state index contributed by atoms with van der Waals surface area (Å²) in [5.41, 5.74) is 0.409. The summed E-state index contributed by atoms with van der Waals surface area (Å²) in [5.74, 6) is -4.63. The van der Waals surface area contributed by atoms with Crippen LogP contribution in [0.15, 0.2) is 24.4 Å². The van der Waals surface area contributed by atoms with Crippen molar-refractivity contribution in [1.82, 2.24) is 4.98 Å². The monoisotopic (exact) mass is 281 g/mol. The molecule has 0 atom stereocenters. The fraction of sp³-hybridized carbons (Fsp3) is 0.143. The van der Waals surface area contributed by atoms with Crippen LogP contribution in [0.4, 0.5) is 13.2 Å². The smallest absolute Gasteiger partial charge is 0.337 e. The minimum atomic E-state index is -1.30. The number of halogens is 3. The number of aryl methyl sites for hydroxylation is 1. The lowest BCUT2D eigenvalue weighted by molar-refractivity contribution is 0.0695. The summed E-state index contributed by atoms with van der Waals surface area (Å²) >= 11 is 0. The molecule has 2 aromatic rings. The summed E-state index contributed by atoms with van der Waals surface area (Å²) in [7, 11) is 0. The number of aromatic carboxylic acids is 1. The van der Waals surface area contributed by atoms with E-state index in [-0.39, 0.29) is 23.1 Å². The standard InChI is InChI=1S/C14H10F3NO2/c1-7-2-8(11(6-18-7)14(19)20)3-9-4-10(15)5-12(16)13(9)17/h2,4-6H,3H2,1H3,(H,19,20). The summed E-state index contributed by atoms with van der Waals surface area (Å²) in [6, 6.07) is 2.74. The molecule has 0 aliphatic rings. The van der Waals surface area contributed by atoms with Crippen LogP contribution in [0.5, 0.6) is 0 Å². The molecule has 0 bridgehead atoms. The highest BCUT2D eigenvalue weighted by Crippen LogP contribution is 2.20. The second kappa shape index (κ2) is 5.32. The van der Waals surface area contributed by atoms with Crippen molar-refractivity contribution in [2.45, 2.75) is 13.3 Å². The van der Waals surface area contributed by atoms with E-state index < -0.39 is 23.4 Å². The second-order valence-corrected chi connectivity index (χ2v) is 4.33. The number of pyridine rings is 1. The molecule has 20 heavy (non-hydrogen) atoms. The molecule has 0 radical (unpaired) electrons. The van der Waals surface area contributed by atoms with Gasteiger partial charge < -0.3 is 5.11 Å². The minimum Gasteiger partial charge on any atom is -0.478 e. The van der Waals surface area contributed by atoms with Crippen LogP contribution in [-0.2, 0) is 6.42 Å². The highest BCUT2D eigenvalue weighted by atomic mass is 19.2. The van der Waals surface area contributed by atoms with Gasteiger partial charge in [0.15, 0.2) is 11.6 Å². The molecule has 0 fully saturated rings. The number of carboxylic acid groups (broad SMARTS) is 1. The molecular formula is C14H10F3NO2. The molecule has 0 aliphatic carbocycles. The largest absolute Gasteiger partial charge is 0.478 e. The Morgan fingerprint density at radius 3 is 2.55 bits per heavy atom. The number of aromatic nitrogens is 1. The molecule has 1 aromatic heterocycles. The zero-order valence-corrected chi connectivity index (χ0v) is 10.5. The van der Waals surface area contributed by atoms with Crippen LogP contribution in [0.2, 0.25) is 0 Å². The molecule has 1 aromatic carbocycles. The predicted octanol–water partition coefficient (Wildman–Crippen LogP) is 3.10. The van der Waals surface area contributed by atoms with Gasteiger partial charge in [0.25, 0.3) is 0 Å². The van der Waals surface area contributed by atoms with Gasteiger partial charge in [0.05, 0.1) is 5.56 Å². The van der Waals surface area contributed by atoms with Gasteiger partial charge in [-0.15, -0.1) is 0 Å². The second-order valence-electron chi connectivity index (χ2n) is 4.33. The number of nitrogens with zero attached hydrogens (tertiary/aromatic N) is 1. The van der Waals surface area contributed by atoms with E-state index in [4.69, 9.17) is 5.11 Å². The first kappa shape index (κ1) is 14.0. The summed E-state index contributed by atoms with van der Waals surface area (Å²) in [6.07, 6.45) is 0.909. The van der Waals surface area contributed by atoms with E-state index in [0.29, 0.717) is 11.8 Å². The molecule has 0 amide bonds. The Morgan fingerprint density at radius 1 is 1.20 bits per heavy atom. The van der Waals surface area contributed by atoms with Crippen LogP contribution in [0.1, 0.15) is 27.2 Å². The van der Waals surface area contributed by atoms with E-state index in [2.05, 4.69) is 4.98 Å². The zero-order valence-electron chi connectivity index (χ0n) is 10.5. The number of rotatable bonds is 3. The molecule has 0 saturated heterocycles. The molecular weight excluding hydrogens is 271 g/mol. The quantitative estimate of drug-likeness (QED) is 0.879. The van der Waals surface area contributed by atoms with Gasteiger partial charge in [0.2, 0.25) is 0 Å². The van der Waals surface area contributed by atoms with Gasteiger partial charge in [-0.05, 0) is 30.2 Å². The molecule has 3 nitrogen and oxygen atoms in total. The highest BCUT2D eigenvalue weighted by molar-refractivity contribution is 5.89. The first-order chi connectivity index (χ1) is 9.38. The van der Waals surface area contributed by atoms with Crippen LogP contribution >= 0.6 is 0 Å². The Morgan fingerprint density at radius 2 is 1.90 bits per heavy atom. The Hall–Kier alpha value is -2.37. The maximum absolute atomic E-state index is 13.6. The zero-order chi connectivity index (χ0) is 14.9. The average molecular weight is 281 g/mol. The Labute approximate surface area is 112 Å². The van der Waals surface area contributed by atoms with E-state index in [9.17, 15) is 18.0 Å². The molecule has 0 unspecified atom stereocenters. The molecule has 0 saturated carbocycles. The predicted molar refractivity (Wildman–Crippen MR) is 65.1 cm³/mol. The molecule has 1 heterocycles. The molecule has 1 N–H and O–H groups in total. The molecule has 2 rings (SSSR count). The Balaban J connectivity index is 2.50. The van der Waals surface area contributed by atoms with Gasteiger partial charge in [-0.2, -0.15) is 0 Å². The van der Waals surface area contributed by atoms with Crippen molar-refractivity contribution in [3.05, 3.63) is 64.2 Å². The van der Waals surface area contributed by atoms with Crippen molar-refractivity contribution in [3.63, 3.8) is 0 Å². The summed E-state index contributed by atoms with van der Waals surface area (Å²) in [4.78, 5) is 14.9. The number of benzene rings is 1. The van der Waals surface area contributed by atoms with Crippen molar-refractivity contribution in [1.29, 1.82) is 0 Å². The van der Waals surface area contributed by atoms with Crippen molar-refractivity contribution >= 4 is 5.97 Å². The lowest BCUT2D eigenvalue weighted by Crippen LogP contribution is -2.06. The lowest BCUT2D eigenvalue weighted by Gasteiger charge is -2.08. The summed E-state index contributed by atoms with van der Waals surface area (Å²) in [6.45, 7) is 1.64. The van der Waals surface area contributed by atoms with Crippen LogP contribution in [0.25, 0.3) is 0 Å². The SMILES string of the molecule is Cc1cc(Cc2cc(F)cc(F)c2F)c(C(=O)O)cn1. The van der Waals surface area contributed by atoms with E-state index in [1.165, 1.54) is 6.07 Å². The van der Waals surface area contributed by atoms with Crippen molar-refractivity contribution in [2.75, 3.05) is 0 Å². The van der Waals surface area contributed by atoms with E-state index >= 15 is 0 Å². The third-order valence-electron chi connectivity index (χ3n) is 2.81. The van der Waals surface area contributed by atoms with Gasteiger partial charge in [0, 0.05) is 24.4 Å². The van der Waals surface area contributed by atoms with Crippen molar-refractivity contribution in [2.24, 2.45) is 0 Å². The van der Waals surface area contributed by atoms with Gasteiger partial charge in [-0.25, -0.2) is 18.0 Å². The lowest BCUT2D eigenvalue weighted by atomic mass is 10.00. The maximum Gasteiger partial charge on any atom is 0.337 e. The minimum absolute atomic E-state index is 0.125. The van der Waals surface area contributed by atoms with E-state index in [0.717, 1.165) is 12.3 Å². The first-order valence-electron chi connectivity index (χ1n) is 5.70. The fourth-order valence-electron chi connectivity index (χ4n) is 1.90. The topological polar surface area (TPSA) is 50.2 Å². The summed E-state index contributed by atoms with van der Waals surface area (Å²) < 4.78 is 39.8. The summed E-state index contributed by atoms with van der Waals surface area (Å²) in [5, 5.41) is 9.03. The van der Waals surface area contributed by atoms with Crippen molar-refractivity contribution in [3.8, 4) is 0 Å². The van der Waals surface area contributed by atoms with Crippen LogP contribution < -0.4 is 0 Å². The van der Waals surface area contributed by atoms with Crippen LogP contribution in [0, 0.1) is 24.4 Å². The number of carboxylic acids is 1. The Bertz CT molecular complexity index is 686. The normalized spacial score (nSPS) is 10.6. The fourth-order valence-corrected chi connectivity index (χ4v) is 1.90. The maximum atomic E-state index is 13.6. The number of hydrogen-bond acceptors (Lipinski definition) is 2. The third kappa shape index (κ3) is 2.79. The van der Waals surface area contributed by atoms with Gasteiger partial charge in [0.1, 0.15) is 5.82 Å². The van der Waals surface area contributed by atoms with Gasteiger partial charge >= 0.3 is 5.97 Å². The van der Waals surface area contributed by atoms with E-state index in [1.54, 1.807) is 6.92 Å². The number of carbonyl (C=O) groups is 1. The van der Waals surface area contributed by atoms with Crippen LogP contribution in [0.3, 0.4) is 0 Å². The van der Waals surface area contributed by atoms with Crippen molar-refractivity contribution < 1.29 is 23.1 Å². The molecule has 6 heteroatoms. The third-order valence-corrected chi connectivity index (χ3v) is 2.81. The van der Waals surface area contributed by atoms with Gasteiger partial charge in [-0.3, -0.25) is 4.98 Å².